The zero-order valence-corrected chi connectivity index (χ0v) is 10.1. The van der Waals surface area contributed by atoms with E-state index in [2.05, 4.69) is 10.3 Å². The Kier molecular flexibility index (Phi) is 3.36. The number of hydrogen-bond donors (Lipinski definition) is 1. The van der Waals surface area contributed by atoms with E-state index in [9.17, 15) is 0 Å². The van der Waals surface area contributed by atoms with Crippen LogP contribution in [0, 0.1) is 6.92 Å². The third-order valence-corrected chi connectivity index (χ3v) is 2.90. The molecule has 0 amide bonds. The van der Waals surface area contributed by atoms with Crippen molar-refractivity contribution in [2.24, 2.45) is 0 Å². The number of nitrogens with zero attached hydrogens (tertiary/aromatic N) is 1. The van der Waals surface area contributed by atoms with Gasteiger partial charge in [-0.15, -0.1) is 0 Å². The maximum absolute atomic E-state index is 6.07. The molecule has 16 heavy (non-hydrogen) atoms. The number of aromatic nitrogens is 1. The lowest BCUT2D eigenvalue weighted by Gasteiger charge is -2.08. The molecule has 2 rings (SSSR count). The van der Waals surface area contributed by atoms with Gasteiger partial charge in [-0.1, -0.05) is 23.2 Å². The number of rotatable bonds is 3. The van der Waals surface area contributed by atoms with Gasteiger partial charge in [-0.25, -0.2) is 4.98 Å². The predicted octanol–water partition coefficient (Wildman–Crippen LogP) is 3.90. The second-order valence-electron chi connectivity index (χ2n) is 3.40. The Labute approximate surface area is 103 Å². The maximum atomic E-state index is 6.07. The minimum Gasteiger partial charge on any atom is -0.447 e. The summed E-state index contributed by atoms with van der Waals surface area (Å²) >= 11 is 12.1. The highest BCUT2D eigenvalue weighted by Crippen LogP contribution is 2.29. The molecule has 1 N–H and O–H groups in total. The minimum atomic E-state index is 0.527. The summed E-state index contributed by atoms with van der Waals surface area (Å²) in [4.78, 5) is 3.82. The largest absolute Gasteiger partial charge is 0.447 e. The van der Waals surface area contributed by atoms with Gasteiger partial charge in [-0.05, 0) is 24.6 Å². The van der Waals surface area contributed by atoms with E-state index in [-0.39, 0.29) is 0 Å². The van der Waals surface area contributed by atoms with Gasteiger partial charge < -0.3 is 9.73 Å². The van der Waals surface area contributed by atoms with Crippen molar-refractivity contribution in [3.8, 4) is 0 Å². The van der Waals surface area contributed by atoms with Gasteiger partial charge in [-0.2, -0.15) is 0 Å². The molecule has 0 bridgehead atoms. The number of hydrogen-bond acceptors (Lipinski definition) is 3. The zero-order chi connectivity index (χ0) is 11.5. The van der Waals surface area contributed by atoms with Crippen LogP contribution in [-0.4, -0.2) is 4.98 Å². The Morgan fingerprint density at radius 2 is 2.12 bits per heavy atom. The van der Waals surface area contributed by atoms with Crippen molar-refractivity contribution in [2.75, 3.05) is 5.32 Å². The Bertz CT molecular complexity index is 483. The molecule has 0 spiro atoms. The van der Waals surface area contributed by atoms with Gasteiger partial charge in [0, 0.05) is 5.02 Å². The summed E-state index contributed by atoms with van der Waals surface area (Å²) in [6.45, 7) is 2.44. The van der Waals surface area contributed by atoms with Gasteiger partial charge in [-0.3, -0.25) is 0 Å². The number of aryl methyl sites for hydroxylation is 1. The molecule has 3 nitrogen and oxygen atoms in total. The maximum Gasteiger partial charge on any atom is 0.180 e. The van der Waals surface area contributed by atoms with Gasteiger partial charge in [0.2, 0.25) is 0 Å². The van der Waals surface area contributed by atoms with E-state index in [0.717, 1.165) is 17.0 Å². The first-order valence-corrected chi connectivity index (χ1v) is 5.49. The highest BCUT2D eigenvalue weighted by molar-refractivity contribution is 6.35. The molecule has 1 aromatic heterocycles. The van der Waals surface area contributed by atoms with Crippen molar-refractivity contribution in [3.63, 3.8) is 0 Å². The van der Waals surface area contributed by atoms with E-state index in [1.807, 2.05) is 13.0 Å². The molecule has 1 heterocycles. The molecule has 84 valence electrons. The summed E-state index contributed by atoms with van der Waals surface area (Å²) in [5.41, 5.74) is 1.74. The molecule has 0 unspecified atom stereocenters. The highest BCUT2D eigenvalue weighted by Gasteiger charge is 2.05. The summed E-state index contributed by atoms with van der Waals surface area (Å²) in [6.07, 6.45) is 3.04. The molecule has 1 aromatic carbocycles. The third-order valence-electron chi connectivity index (χ3n) is 2.18. The van der Waals surface area contributed by atoms with Crippen molar-refractivity contribution in [1.29, 1.82) is 0 Å². The lowest BCUT2D eigenvalue weighted by Crippen LogP contribution is -1.99. The first kappa shape index (κ1) is 11.3. The average Bonchev–Trinajstić information content (AvgIpc) is 2.74. The van der Waals surface area contributed by atoms with Crippen LogP contribution >= 0.6 is 23.2 Å². The van der Waals surface area contributed by atoms with Crippen molar-refractivity contribution >= 4 is 28.9 Å². The lowest BCUT2D eigenvalue weighted by atomic mass is 10.2. The first-order chi connectivity index (χ1) is 7.66. The van der Waals surface area contributed by atoms with E-state index < -0.39 is 0 Å². The molecular weight excluding hydrogens is 247 g/mol. The fourth-order valence-electron chi connectivity index (χ4n) is 1.29. The Balaban J connectivity index is 2.12. The average molecular weight is 257 g/mol. The Morgan fingerprint density at radius 1 is 1.31 bits per heavy atom. The van der Waals surface area contributed by atoms with Crippen LogP contribution in [0.5, 0.6) is 0 Å². The molecule has 0 aliphatic rings. The molecule has 0 saturated heterocycles. The molecule has 0 fully saturated rings. The van der Waals surface area contributed by atoms with Gasteiger partial charge in [0.15, 0.2) is 6.39 Å². The summed E-state index contributed by atoms with van der Waals surface area (Å²) in [6, 6.07) is 3.63. The molecule has 0 saturated carbocycles. The third kappa shape index (κ3) is 2.49. The van der Waals surface area contributed by atoms with Crippen LogP contribution < -0.4 is 5.32 Å². The molecule has 0 aliphatic heterocycles. The van der Waals surface area contributed by atoms with Crippen LogP contribution in [0.1, 0.15) is 11.3 Å². The fourth-order valence-corrected chi connectivity index (χ4v) is 1.74. The molecule has 0 radical (unpaired) electrons. The van der Waals surface area contributed by atoms with E-state index >= 15 is 0 Å². The van der Waals surface area contributed by atoms with Gasteiger partial charge in [0.1, 0.15) is 5.76 Å². The highest BCUT2D eigenvalue weighted by atomic mass is 35.5. The summed E-state index contributed by atoms with van der Waals surface area (Å²) < 4.78 is 5.10. The number of oxazole rings is 1. The Morgan fingerprint density at radius 3 is 2.81 bits per heavy atom. The lowest BCUT2D eigenvalue weighted by molar-refractivity contribution is 0.512. The van der Waals surface area contributed by atoms with E-state index in [1.165, 1.54) is 6.39 Å². The minimum absolute atomic E-state index is 0.527. The van der Waals surface area contributed by atoms with Crippen molar-refractivity contribution in [1.82, 2.24) is 4.98 Å². The first-order valence-electron chi connectivity index (χ1n) is 4.73. The fraction of sp³-hybridized carbons (Fsp3) is 0.182. The normalized spacial score (nSPS) is 10.4. The van der Waals surface area contributed by atoms with Gasteiger partial charge in [0.05, 0.1) is 23.5 Å². The molecule has 0 atom stereocenters. The zero-order valence-electron chi connectivity index (χ0n) is 8.63. The summed E-state index contributed by atoms with van der Waals surface area (Å²) in [5, 5.41) is 4.46. The van der Waals surface area contributed by atoms with Crippen LogP contribution in [0.25, 0.3) is 0 Å². The molecule has 2 aromatic rings. The predicted molar refractivity (Wildman–Crippen MR) is 65.0 cm³/mol. The SMILES string of the molecule is Cc1cc(Cl)c(NCc2cnco2)cc1Cl. The number of halogens is 2. The van der Waals surface area contributed by atoms with E-state index in [1.54, 1.807) is 12.3 Å². The number of nitrogens with one attached hydrogen (secondary N) is 1. The van der Waals surface area contributed by atoms with Crippen LogP contribution in [0.2, 0.25) is 10.0 Å². The van der Waals surface area contributed by atoms with Crippen molar-refractivity contribution in [2.45, 2.75) is 13.5 Å². The van der Waals surface area contributed by atoms with Gasteiger partial charge >= 0.3 is 0 Å². The van der Waals surface area contributed by atoms with Crippen LogP contribution in [0.3, 0.4) is 0 Å². The smallest absolute Gasteiger partial charge is 0.180 e. The van der Waals surface area contributed by atoms with Crippen LogP contribution in [-0.2, 0) is 6.54 Å². The summed E-state index contributed by atoms with van der Waals surface area (Å²) in [7, 11) is 0. The van der Waals surface area contributed by atoms with Crippen LogP contribution in [0.4, 0.5) is 5.69 Å². The molecule has 5 heteroatoms. The monoisotopic (exact) mass is 256 g/mol. The topological polar surface area (TPSA) is 38.1 Å². The standard InChI is InChI=1S/C11H10Cl2N2O/c1-7-2-10(13)11(3-9(7)12)15-5-8-4-14-6-16-8/h2-4,6,15H,5H2,1H3. The molecule has 0 aliphatic carbocycles. The quantitative estimate of drug-likeness (QED) is 0.906. The summed E-state index contributed by atoms with van der Waals surface area (Å²) in [5.74, 6) is 0.743. The van der Waals surface area contributed by atoms with Crippen LogP contribution in [0.15, 0.2) is 29.1 Å². The second kappa shape index (κ2) is 4.76. The van der Waals surface area contributed by atoms with Crippen molar-refractivity contribution < 1.29 is 4.42 Å². The molecular formula is C11H10Cl2N2O. The van der Waals surface area contributed by atoms with Crippen molar-refractivity contribution in [3.05, 3.63) is 46.1 Å². The number of anilines is 1. The van der Waals surface area contributed by atoms with E-state index in [4.69, 9.17) is 27.6 Å². The number of benzene rings is 1. The van der Waals surface area contributed by atoms with E-state index in [0.29, 0.717) is 16.6 Å². The Hall–Kier alpha value is -1.19. The second-order valence-corrected chi connectivity index (χ2v) is 4.22. The van der Waals surface area contributed by atoms with Gasteiger partial charge in [0.25, 0.3) is 0 Å².